The Morgan fingerprint density at radius 3 is 2.55 bits per heavy atom. The highest BCUT2D eigenvalue weighted by atomic mass is 32.2. The third kappa shape index (κ3) is 8.66. The zero-order valence-corrected chi connectivity index (χ0v) is 18.7. The fourth-order valence-corrected chi connectivity index (χ4v) is 4.30. The van der Waals surface area contributed by atoms with Crippen LogP contribution in [0.4, 0.5) is 4.79 Å². The van der Waals surface area contributed by atoms with Gasteiger partial charge in [-0.1, -0.05) is 31.5 Å². The molecule has 6 nitrogen and oxygen atoms in total. The molecule has 0 saturated carbocycles. The molecule has 1 aliphatic rings. The average molecular weight is 422 g/mol. The van der Waals surface area contributed by atoms with Crippen molar-refractivity contribution in [1.29, 1.82) is 0 Å². The summed E-state index contributed by atoms with van der Waals surface area (Å²) >= 11 is 1.64. The molecule has 2 rings (SSSR count). The van der Waals surface area contributed by atoms with Crippen molar-refractivity contribution in [3.8, 4) is 0 Å². The summed E-state index contributed by atoms with van der Waals surface area (Å²) in [6.45, 7) is 4.02. The van der Waals surface area contributed by atoms with Crippen LogP contribution < -0.4 is 5.32 Å². The Hall–Kier alpha value is -1.73. The summed E-state index contributed by atoms with van der Waals surface area (Å²) < 4.78 is 5.24. The van der Waals surface area contributed by atoms with Gasteiger partial charge in [-0.25, -0.2) is 4.79 Å². The van der Waals surface area contributed by atoms with Crippen molar-refractivity contribution in [3.63, 3.8) is 0 Å². The molecule has 0 radical (unpaired) electrons. The largest absolute Gasteiger partial charge is 0.450 e. The average Bonchev–Trinajstić information content (AvgIpc) is 2.73. The predicted molar refractivity (Wildman–Crippen MR) is 118 cm³/mol. The number of hydrogen-bond donors (Lipinski definition) is 1. The summed E-state index contributed by atoms with van der Waals surface area (Å²) in [6.07, 6.45) is 3.67. The second-order valence-corrected chi connectivity index (χ2v) is 8.83. The lowest BCUT2D eigenvalue weighted by Gasteiger charge is -2.35. The summed E-state index contributed by atoms with van der Waals surface area (Å²) in [6, 6.07) is 10.3. The number of thioether (sulfide) groups is 1. The predicted octanol–water partition coefficient (Wildman–Crippen LogP) is 3.62. The maximum absolute atomic E-state index is 12.8. The van der Waals surface area contributed by atoms with Gasteiger partial charge >= 0.3 is 6.09 Å². The molecule has 1 N–H and O–H groups in total. The number of nitrogens with zero attached hydrogens (tertiary/aromatic N) is 2. The summed E-state index contributed by atoms with van der Waals surface area (Å²) in [5.74, 6) is 0.738. The van der Waals surface area contributed by atoms with E-state index >= 15 is 0 Å². The topological polar surface area (TPSA) is 61.9 Å². The fourth-order valence-electron chi connectivity index (χ4n) is 3.35. The second-order valence-electron chi connectivity index (χ2n) is 7.73. The van der Waals surface area contributed by atoms with Gasteiger partial charge in [0.2, 0.25) is 5.91 Å². The van der Waals surface area contributed by atoms with Crippen molar-refractivity contribution in [3.05, 3.63) is 30.3 Å². The molecule has 1 heterocycles. The molecule has 29 heavy (non-hydrogen) atoms. The lowest BCUT2D eigenvalue weighted by Crippen LogP contribution is -2.47. The Bertz CT molecular complexity index is 619. The molecule has 0 aliphatic carbocycles. The number of likely N-dealkylation sites (tertiary alicyclic amines) is 1. The quantitative estimate of drug-likeness (QED) is 0.462. The van der Waals surface area contributed by atoms with Crippen molar-refractivity contribution in [2.45, 2.75) is 56.0 Å². The van der Waals surface area contributed by atoms with Gasteiger partial charge in [0, 0.05) is 36.2 Å². The van der Waals surface area contributed by atoms with Crippen LogP contribution in [0.25, 0.3) is 0 Å². The number of piperidine rings is 1. The van der Waals surface area contributed by atoms with Crippen LogP contribution >= 0.6 is 11.8 Å². The van der Waals surface area contributed by atoms with Gasteiger partial charge in [-0.2, -0.15) is 0 Å². The van der Waals surface area contributed by atoms with Crippen LogP contribution in [0.5, 0.6) is 0 Å². The lowest BCUT2D eigenvalue weighted by atomic mass is 10.0. The van der Waals surface area contributed by atoms with Crippen molar-refractivity contribution < 1.29 is 14.3 Å². The van der Waals surface area contributed by atoms with E-state index in [2.05, 4.69) is 31.2 Å². The van der Waals surface area contributed by atoms with Crippen LogP contribution in [0.3, 0.4) is 0 Å². The highest BCUT2D eigenvalue weighted by Crippen LogP contribution is 2.20. The minimum absolute atomic E-state index is 0.106. The molecule has 0 bridgehead atoms. The van der Waals surface area contributed by atoms with Crippen molar-refractivity contribution >= 4 is 23.8 Å². The van der Waals surface area contributed by atoms with Crippen LogP contribution in [0.15, 0.2) is 35.2 Å². The number of carbonyl (C=O) groups is 2. The molecule has 0 spiro atoms. The molecule has 1 aromatic carbocycles. The zero-order chi connectivity index (χ0) is 21.1. The molecule has 0 unspecified atom stereocenters. The Labute approximate surface area is 179 Å². The molecule has 2 amide bonds. The van der Waals surface area contributed by atoms with Gasteiger partial charge in [0.05, 0.1) is 12.6 Å². The second kappa shape index (κ2) is 12.8. The van der Waals surface area contributed by atoms with E-state index in [-0.39, 0.29) is 11.9 Å². The van der Waals surface area contributed by atoms with E-state index in [9.17, 15) is 9.59 Å². The first-order valence-electron chi connectivity index (χ1n) is 10.5. The summed E-state index contributed by atoms with van der Waals surface area (Å²) in [5, 5.41) is 2.91. The zero-order valence-electron chi connectivity index (χ0n) is 17.9. The molecule has 1 fully saturated rings. The first-order valence-corrected chi connectivity index (χ1v) is 11.5. The number of ether oxygens (including phenoxy) is 1. The van der Waals surface area contributed by atoms with Crippen LogP contribution in [-0.4, -0.2) is 73.4 Å². The molecule has 1 aromatic rings. The molecule has 1 saturated heterocycles. The van der Waals surface area contributed by atoms with E-state index in [1.54, 1.807) is 11.8 Å². The summed E-state index contributed by atoms with van der Waals surface area (Å²) in [5.41, 5.74) is 0. The molecule has 162 valence electrons. The Morgan fingerprint density at radius 1 is 1.24 bits per heavy atom. The highest BCUT2D eigenvalue weighted by Gasteiger charge is 2.26. The van der Waals surface area contributed by atoms with Crippen LogP contribution in [0.2, 0.25) is 0 Å². The normalized spacial score (nSPS) is 15.9. The smallest absolute Gasteiger partial charge is 0.407 e. The first kappa shape index (κ1) is 23.5. The number of alkyl carbamates (subject to hydrolysis) is 1. The fraction of sp³-hybridized carbons (Fsp3) is 0.636. The van der Waals surface area contributed by atoms with E-state index in [0.717, 1.165) is 43.7 Å². The molecular weight excluding hydrogens is 386 g/mol. The molecule has 1 aliphatic heterocycles. The van der Waals surface area contributed by atoms with Crippen molar-refractivity contribution in [1.82, 2.24) is 15.1 Å². The number of nitrogens with one attached hydrogen (secondary N) is 1. The van der Waals surface area contributed by atoms with Gasteiger partial charge in [-0.15, -0.1) is 11.8 Å². The van der Waals surface area contributed by atoms with E-state index in [1.165, 1.54) is 0 Å². The van der Waals surface area contributed by atoms with E-state index in [0.29, 0.717) is 24.8 Å². The van der Waals surface area contributed by atoms with Gasteiger partial charge in [-0.05, 0) is 45.5 Å². The number of carbonyl (C=O) groups excluding carboxylic acids is 2. The Kier molecular flexibility index (Phi) is 10.4. The van der Waals surface area contributed by atoms with Gasteiger partial charge < -0.3 is 19.9 Å². The van der Waals surface area contributed by atoms with Crippen LogP contribution in [0.1, 0.15) is 39.0 Å². The number of hydrogen-bond acceptors (Lipinski definition) is 5. The number of unbranched alkanes of at least 4 members (excludes halogenated alkanes) is 1. The maximum atomic E-state index is 12.8. The maximum Gasteiger partial charge on any atom is 0.407 e. The SMILES string of the molecule is CCCCOC(=O)N[C@@H](CSc1ccccc1)CC(=O)N1CCC(N(C)C)CC1. The van der Waals surface area contributed by atoms with Crippen molar-refractivity contribution in [2.24, 2.45) is 0 Å². The summed E-state index contributed by atoms with van der Waals surface area (Å²) in [7, 11) is 4.18. The minimum Gasteiger partial charge on any atom is -0.450 e. The molecular formula is C22H35N3O3S. The lowest BCUT2D eigenvalue weighted by molar-refractivity contribution is -0.133. The van der Waals surface area contributed by atoms with Gasteiger partial charge in [0.15, 0.2) is 0 Å². The van der Waals surface area contributed by atoms with Crippen molar-refractivity contribution in [2.75, 3.05) is 39.5 Å². The van der Waals surface area contributed by atoms with Gasteiger partial charge in [0.1, 0.15) is 0 Å². The highest BCUT2D eigenvalue weighted by molar-refractivity contribution is 7.99. The monoisotopic (exact) mass is 421 g/mol. The Balaban J connectivity index is 1.89. The number of benzene rings is 1. The van der Waals surface area contributed by atoms with E-state index < -0.39 is 6.09 Å². The third-order valence-electron chi connectivity index (χ3n) is 5.22. The Morgan fingerprint density at radius 2 is 1.93 bits per heavy atom. The number of amides is 2. The van der Waals surface area contributed by atoms with Gasteiger partial charge in [0.25, 0.3) is 0 Å². The first-order chi connectivity index (χ1) is 14.0. The standard InChI is InChI=1S/C22H35N3O3S/c1-4-5-15-28-22(27)23-18(17-29-20-9-7-6-8-10-20)16-21(26)25-13-11-19(12-14-25)24(2)3/h6-10,18-19H,4-5,11-17H2,1-3H3,(H,23,27)/t18-/m1/s1. The molecule has 7 heteroatoms. The molecule has 0 aromatic heterocycles. The van der Waals surface area contributed by atoms with Crippen LogP contribution in [0, 0.1) is 0 Å². The molecule has 1 atom stereocenters. The van der Waals surface area contributed by atoms with Crippen LogP contribution in [-0.2, 0) is 9.53 Å². The minimum atomic E-state index is -0.434. The third-order valence-corrected chi connectivity index (χ3v) is 6.39. The van der Waals surface area contributed by atoms with E-state index in [4.69, 9.17) is 4.74 Å². The number of rotatable bonds is 10. The summed E-state index contributed by atoms with van der Waals surface area (Å²) in [4.78, 5) is 30.3. The van der Waals surface area contributed by atoms with E-state index in [1.807, 2.05) is 35.2 Å². The van der Waals surface area contributed by atoms with Gasteiger partial charge in [-0.3, -0.25) is 4.79 Å².